The van der Waals surface area contributed by atoms with Crippen molar-refractivity contribution in [2.45, 2.75) is 39.0 Å². The van der Waals surface area contributed by atoms with Gasteiger partial charge in [0.2, 0.25) is 0 Å². The normalized spacial score (nSPS) is 13.2. The number of pyridine rings is 1. The first kappa shape index (κ1) is 25.7. The number of carboxylic acids is 1. The molecule has 0 radical (unpaired) electrons. The summed E-state index contributed by atoms with van der Waals surface area (Å²) in [5.41, 5.74) is 2.01. The fraction of sp³-hybridized carbons (Fsp3) is 0.269. The van der Waals surface area contributed by atoms with Gasteiger partial charge in [-0.25, -0.2) is 4.98 Å². The minimum Gasteiger partial charge on any atom is -0.480 e. The number of nitrogens with zero attached hydrogens (tertiary/aromatic N) is 1. The third-order valence-electron chi connectivity index (χ3n) is 5.53. The second-order valence-electron chi connectivity index (χ2n) is 8.53. The molecule has 3 aromatic rings. The standard InChI is InChI=1S/C26H26F3N3O3/c1-15(2)23(32-22-13-10-20(14-30-22)24(33)31-16(3)25(34)35)19-6-4-17(5-7-19)18-8-11-21(12-9-18)26(27,28)29/h4-16,23H,1-3H3,(H,30,32)(H,31,33)(H,34,35). The van der Waals surface area contributed by atoms with Crippen LogP contribution in [0, 0.1) is 5.92 Å². The Morgan fingerprint density at radius 3 is 1.91 bits per heavy atom. The quantitative estimate of drug-likeness (QED) is 0.376. The van der Waals surface area contributed by atoms with E-state index in [9.17, 15) is 22.8 Å². The molecule has 9 heteroatoms. The molecule has 0 aliphatic rings. The summed E-state index contributed by atoms with van der Waals surface area (Å²) in [6.07, 6.45) is -3.00. The molecule has 35 heavy (non-hydrogen) atoms. The first-order chi connectivity index (χ1) is 16.5. The number of carbonyl (C=O) groups excluding carboxylic acids is 1. The summed E-state index contributed by atoms with van der Waals surface area (Å²) >= 11 is 0. The summed E-state index contributed by atoms with van der Waals surface area (Å²) in [7, 11) is 0. The SMILES string of the molecule is CC(NC(=O)c1ccc(NC(c2ccc(-c3ccc(C(F)(F)F)cc3)cc2)C(C)C)nc1)C(=O)O. The van der Waals surface area contributed by atoms with Crippen LogP contribution in [-0.2, 0) is 11.0 Å². The zero-order valence-corrected chi connectivity index (χ0v) is 19.4. The predicted octanol–water partition coefficient (Wildman–Crippen LogP) is 5.78. The van der Waals surface area contributed by atoms with Gasteiger partial charge in [-0.3, -0.25) is 9.59 Å². The minimum atomic E-state index is -4.37. The number of benzene rings is 2. The Hall–Kier alpha value is -3.88. The number of amides is 1. The summed E-state index contributed by atoms with van der Waals surface area (Å²) < 4.78 is 38.4. The van der Waals surface area contributed by atoms with Gasteiger partial charge in [-0.1, -0.05) is 50.2 Å². The summed E-state index contributed by atoms with van der Waals surface area (Å²) in [6, 6.07) is 14.7. The van der Waals surface area contributed by atoms with Crippen LogP contribution in [0.3, 0.4) is 0 Å². The van der Waals surface area contributed by atoms with Gasteiger partial charge in [0.15, 0.2) is 0 Å². The largest absolute Gasteiger partial charge is 0.480 e. The monoisotopic (exact) mass is 485 g/mol. The molecule has 1 aromatic heterocycles. The van der Waals surface area contributed by atoms with Crippen molar-refractivity contribution in [2.24, 2.45) is 5.92 Å². The molecule has 0 aliphatic heterocycles. The number of alkyl halides is 3. The predicted molar refractivity (Wildman–Crippen MR) is 127 cm³/mol. The molecule has 0 spiro atoms. The maximum Gasteiger partial charge on any atom is 0.416 e. The zero-order valence-electron chi connectivity index (χ0n) is 19.4. The summed E-state index contributed by atoms with van der Waals surface area (Å²) in [5.74, 6) is -0.946. The van der Waals surface area contributed by atoms with Crippen LogP contribution < -0.4 is 10.6 Å². The maximum absolute atomic E-state index is 12.8. The fourth-order valence-corrected chi connectivity index (χ4v) is 3.48. The third-order valence-corrected chi connectivity index (χ3v) is 5.53. The molecule has 2 unspecified atom stereocenters. The summed E-state index contributed by atoms with van der Waals surface area (Å²) in [4.78, 5) is 27.3. The lowest BCUT2D eigenvalue weighted by Gasteiger charge is -2.24. The van der Waals surface area contributed by atoms with Crippen LogP contribution in [-0.4, -0.2) is 28.0 Å². The van der Waals surface area contributed by atoms with E-state index < -0.39 is 29.7 Å². The van der Waals surface area contributed by atoms with Crippen LogP contribution in [0.2, 0.25) is 0 Å². The molecular weight excluding hydrogens is 459 g/mol. The summed E-state index contributed by atoms with van der Waals surface area (Å²) in [5, 5.41) is 14.6. The minimum absolute atomic E-state index is 0.115. The number of aliphatic carboxylic acids is 1. The lowest BCUT2D eigenvalue weighted by atomic mass is 9.94. The van der Waals surface area contributed by atoms with E-state index in [1.165, 1.54) is 25.3 Å². The van der Waals surface area contributed by atoms with Crippen molar-refractivity contribution >= 4 is 17.7 Å². The number of nitrogens with one attached hydrogen (secondary N) is 2. The Balaban J connectivity index is 1.72. The molecule has 3 N–H and O–H groups in total. The Labute approximate surface area is 201 Å². The van der Waals surface area contributed by atoms with E-state index in [4.69, 9.17) is 5.11 Å². The van der Waals surface area contributed by atoms with Gasteiger partial charge >= 0.3 is 12.1 Å². The molecule has 0 saturated carbocycles. The van der Waals surface area contributed by atoms with E-state index in [1.807, 2.05) is 38.1 Å². The van der Waals surface area contributed by atoms with Crippen LogP contribution >= 0.6 is 0 Å². The molecule has 1 amide bonds. The molecule has 0 bridgehead atoms. The zero-order chi connectivity index (χ0) is 25.8. The number of anilines is 1. The third kappa shape index (κ3) is 6.59. The average Bonchev–Trinajstić information content (AvgIpc) is 2.82. The van der Waals surface area contributed by atoms with Gasteiger partial charge < -0.3 is 15.7 Å². The van der Waals surface area contributed by atoms with Crippen LogP contribution in [0.4, 0.5) is 19.0 Å². The van der Waals surface area contributed by atoms with Crippen molar-refractivity contribution in [3.8, 4) is 11.1 Å². The first-order valence-corrected chi connectivity index (χ1v) is 11.0. The van der Waals surface area contributed by atoms with Crippen LogP contribution in [0.5, 0.6) is 0 Å². The van der Waals surface area contributed by atoms with E-state index in [2.05, 4.69) is 15.6 Å². The number of hydrogen-bond donors (Lipinski definition) is 3. The van der Waals surface area contributed by atoms with Gasteiger partial charge in [0.1, 0.15) is 11.9 Å². The number of carbonyl (C=O) groups is 2. The topological polar surface area (TPSA) is 91.3 Å². The Kier molecular flexibility index (Phi) is 7.78. The van der Waals surface area contributed by atoms with E-state index >= 15 is 0 Å². The highest BCUT2D eigenvalue weighted by Crippen LogP contribution is 2.32. The highest BCUT2D eigenvalue weighted by atomic mass is 19.4. The van der Waals surface area contributed by atoms with Crippen LogP contribution in [0.25, 0.3) is 11.1 Å². The molecule has 1 heterocycles. The van der Waals surface area contributed by atoms with Gasteiger partial charge in [0.25, 0.3) is 5.91 Å². The first-order valence-electron chi connectivity index (χ1n) is 11.0. The van der Waals surface area contributed by atoms with Gasteiger partial charge in [-0.2, -0.15) is 13.2 Å². The lowest BCUT2D eigenvalue weighted by molar-refractivity contribution is -0.139. The molecule has 6 nitrogen and oxygen atoms in total. The average molecular weight is 486 g/mol. The molecule has 0 aliphatic carbocycles. The molecule has 3 rings (SSSR count). The van der Waals surface area contributed by atoms with E-state index in [0.29, 0.717) is 11.4 Å². The van der Waals surface area contributed by atoms with Crippen molar-refractivity contribution in [1.29, 1.82) is 0 Å². The Bertz CT molecular complexity index is 1160. The Morgan fingerprint density at radius 2 is 1.46 bits per heavy atom. The van der Waals surface area contributed by atoms with E-state index in [-0.39, 0.29) is 17.5 Å². The number of rotatable bonds is 8. The van der Waals surface area contributed by atoms with Crippen LogP contribution in [0.1, 0.15) is 48.3 Å². The lowest BCUT2D eigenvalue weighted by Crippen LogP contribution is -2.38. The Morgan fingerprint density at radius 1 is 0.886 bits per heavy atom. The number of halogens is 3. The molecule has 2 atom stereocenters. The highest BCUT2D eigenvalue weighted by Gasteiger charge is 2.30. The second-order valence-corrected chi connectivity index (χ2v) is 8.53. The van der Waals surface area contributed by atoms with Gasteiger partial charge in [-0.05, 0) is 53.8 Å². The molecule has 2 aromatic carbocycles. The smallest absolute Gasteiger partial charge is 0.416 e. The molecule has 0 saturated heterocycles. The van der Waals surface area contributed by atoms with Gasteiger partial charge in [0.05, 0.1) is 17.2 Å². The molecular formula is C26H26F3N3O3. The van der Waals surface area contributed by atoms with Crippen molar-refractivity contribution in [3.05, 3.63) is 83.6 Å². The van der Waals surface area contributed by atoms with Crippen molar-refractivity contribution < 1.29 is 27.9 Å². The van der Waals surface area contributed by atoms with Crippen LogP contribution in [0.15, 0.2) is 66.9 Å². The van der Waals surface area contributed by atoms with Gasteiger partial charge in [-0.15, -0.1) is 0 Å². The molecule has 184 valence electrons. The van der Waals surface area contributed by atoms with Crippen molar-refractivity contribution in [2.75, 3.05) is 5.32 Å². The molecule has 0 fully saturated rings. The second kappa shape index (κ2) is 10.6. The highest BCUT2D eigenvalue weighted by molar-refractivity contribution is 5.96. The number of hydrogen-bond acceptors (Lipinski definition) is 4. The number of aromatic nitrogens is 1. The number of carboxylic acid groups (broad SMARTS) is 1. The van der Waals surface area contributed by atoms with Crippen molar-refractivity contribution in [3.63, 3.8) is 0 Å². The fourth-order valence-electron chi connectivity index (χ4n) is 3.48. The maximum atomic E-state index is 12.8. The van der Waals surface area contributed by atoms with Gasteiger partial charge in [0, 0.05) is 6.20 Å². The van der Waals surface area contributed by atoms with Crippen molar-refractivity contribution in [1.82, 2.24) is 10.3 Å². The summed E-state index contributed by atoms with van der Waals surface area (Å²) in [6.45, 7) is 5.45. The van der Waals surface area contributed by atoms with E-state index in [1.54, 1.807) is 12.1 Å². The van der Waals surface area contributed by atoms with E-state index in [0.717, 1.165) is 23.3 Å².